The van der Waals surface area contributed by atoms with E-state index >= 15 is 0 Å². The van der Waals surface area contributed by atoms with Crippen LogP contribution in [0.1, 0.15) is 24.2 Å². The molecule has 1 saturated heterocycles. The molecule has 1 aliphatic carbocycles. The molecule has 1 saturated carbocycles. The van der Waals surface area contributed by atoms with Gasteiger partial charge in [0.25, 0.3) is 0 Å². The Bertz CT molecular complexity index is 683. The SMILES string of the molecule is Cc1ncccc1O[C@@H]1CC[C@@H]2CN(Cc3cncn3C)C[C@@H]21. The van der Waals surface area contributed by atoms with Crippen molar-refractivity contribution in [1.82, 2.24) is 19.4 Å². The summed E-state index contributed by atoms with van der Waals surface area (Å²) < 4.78 is 8.43. The van der Waals surface area contributed by atoms with E-state index < -0.39 is 0 Å². The van der Waals surface area contributed by atoms with Gasteiger partial charge in [-0.05, 0) is 37.8 Å². The van der Waals surface area contributed by atoms with Gasteiger partial charge in [0.15, 0.2) is 0 Å². The van der Waals surface area contributed by atoms with Crippen LogP contribution >= 0.6 is 0 Å². The Balaban J connectivity index is 1.41. The summed E-state index contributed by atoms with van der Waals surface area (Å²) in [6.07, 6.45) is 8.45. The van der Waals surface area contributed by atoms with Crippen LogP contribution in [-0.2, 0) is 13.6 Å². The second kappa shape index (κ2) is 5.96. The smallest absolute Gasteiger partial charge is 0.140 e. The van der Waals surface area contributed by atoms with Crippen molar-refractivity contribution < 1.29 is 4.74 Å². The van der Waals surface area contributed by atoms with Crippen LogP contribution in [-0.4, -0.2) is 38.6 Å². The first-order valence-corrected chi connectivity index (χ1v) is 8.46. The average Bonchev–Trinajstić information content (AvgIpc) is 3.21. The van der Waals surface area contributed by atoms with E-state index in [-0.39, 0.29) is 0 Å². The molecule has 0 aromatic carbocycles. The van der Waals surface area contributed by atoms with Crippen LogP contribution in [0.2, 0.25) is 0 Å². The zero-order chi connectivity index (χ0) is 15.8. The van der Waals surface area contributed by atoms with Crippen molar-refractivity contribution in [3.8, 4) is 5.75 Å². The van der Waals surface area contributed by atoms with Crippen LogP contribution in [0.5, 0.6) is 5.75 Å². The molecular weight excluding hydrogens is 288 g/mol. The number of likely N-dealkylation sites (tertiary alicyclic amines) is 1. The monoisotopic (exact) mass is 312 g/mol. The van der Waals surface area contributed by atoms with E-state index in [2.05, 4.69) is 26.5 Å². The van der Waals surface area contributed by atoms with Crippen molar-refractivity contribution in [2.45, 2.75) is 32.4 Å². The van der Waals surface area contributed by atoms with Gasteiger partial charge in [-0.3, -0.25) is 9.88 Å². The summed E-state index contributed by atoms with van der Waals surface area (Å²) in [6.45, 7) is 5.31. The topological polar surface area (TPSA) is 43.2 Å². The lowest BCUT2D eigenvalue weighted by Crippen LogP contribution is -2.28. The molecule has 5 nitrogen and oxygen atoms in total. The third-order valence-corrected chi connectivity index (χ3v) is 5.41. The van der Waals surface area contributed by atoms with E-state index in [1.165, 1.54) is 25.1 Å². The molecule has 0 radical (unpaired) electrons. The molecule has 0 bridgehead atoms. The molecule has 0 unspecified atom stereocenters. The third-order valence-electron chi connectivity index (χ3n) is 5.41. The van der Waals surface area contributed by atoms with Crippen LogP contribution in [0.15, 0.2) is 30.9 Å². The molecule has 2 aliphatic rings. The largest absolute Gasteiger partial charge is 0.488 e. The number of rotatable bonds is 4. The maximum absolute atomic E-state index is 6.32. The molecule has 3 heterocycles. The minimum atomic E-state index is 0.333. The number of ether oxygens (including phenoxy) is 1. The van der Waals surface area contributed by atoms with Gasteiger partial charge in [0.1, 0.15) is 11.9 Å². The zero-order valence-electron chi connectivity index (χ0n) is 13.9. The Morgan fingerprint density at radius 1 is 1.30 bits per heavy atom. The normalized spacial score (nSPS) is 27.3. The average molecular weight is 312 g/mol. The number of nitrogens with zero attached hydrogens (tertiary/aromatic N) is 4. The van der Waals surface area contributed by atoms with Crippen LogP contribution in [0.3, 0.4) is 0 Å². The number of aryl methyl sites for hydroxylation is 2. The highest BCUT2D eigenvalue weighted by atomic mass is 16.5. The summed E-state index contributed by atoms with van der Waals surface area (Å²) >= 11 is 0. The van der Waals surface area contributed by atoms with Gasteiger partial charge in [0.05, 0.1) is 17.7 Å². The Hall–Kier alpha value is -1.88. The molecule has 4 rings (SSSR count). The number of imidazole rings is 1. The summed E-state index contributed by atoms with van der Waals surface area (Å²) in [7, 11) is 2.07. The van der Waals surface area contributed by atoms with Gasteiger partial charge in [-0.2, -0.15) is 0 Å². The van der Waals surface area contributed by atoms with Crippen LogP contribution < -0.4 is 4.74 Å². The van der Waals surface area contributed by atoms with Crippen LogP contribution in [0.25, 0.3) is 0 Å². The Labute approximate surface area is 137 Å². The quantitative estimate of drug-likeness (QED) is 0.869. The fourth-order valence-electron chi connectivity index (χ4n) is 4.11. The van der Waals surface area contributed by atoms with E-state index in [9.17, 15) is 0 Å². The number of hydrogen-bond acceptors (Lipinski definition) is 4. The maximum Gasteiger partial charge on any atom is 0.140 e. The Morgan fingerprint density at radius 3 is 3.00 bits per heavy atom. The minimum absolute atomic E-state index is 0.333. The van der Waals surface area contributed by atoms with Gasteiger partial charge in [-0.25, -0.2) is 4.98 Å². The molecule has 3 atom stereocenters. The van der Waals surface area contributed by atoms with E-state index in [1.807, 2.05) is 37.8 Å². The molecule has 122 valence electrons. The van der Waals surface area contributed by atoms with E-state index in [1.54, 1.807) is 0 Å². The van der Waals surface area contributed by atoms with E-state index in [0.29, 0.717) is 12.0 Å². The molecule has 0 amide bonds. The maximum atomic E-state index is 6.32. The Kier molecular flexibility index (Phi) is 3.81. The molecule has 5 heteroatoms. The molecular formula is C18H24N4O. The predicted octanol–water partition coefficient (Wildman–Crippen LogP) is 2.41. The molecule has 2 aromatic heterocycles. The number of pyridine rings is 1. The first-order chi connectivity index (χ1) is 11.2. The van der Waals surface area contributed by atoms with Crippen molar-refractivity contribution in [2.75, 3.05) is 13.1 Å². The van der Waals surface area contributed by atoms with E-state index in [4.69, 9.17) is 4.74 Å². The molecule has 1 aliphatic heterocycles. The summed E-state index contributed by atoms with van der Waals surface area (Å²) in [6, 6.07) is 4.00. The van der Waals surface area contributed by atoms with Gasteiger partial charge < -0.3 is 9.30 Å². The highest BCUT2D eigenvalue weighted by molar-refractivity contribution is 5.26. The van der Waals surface area contributed by atoms with Gasteiger partial charge >= 0.3 is 0 Å². The van der Waals surface area contributed by atoms with Gasteiger partial charge in [-0.1, -0.05) is 0 Å². The fourth-order valence-corrected chi connectivity index (χ4v) is 4.11. The van der Waals surface area contributed by atoms with Crippen LogP contribution in [0, 0.1) is 18.8 Å². The van der Waals surface area contributed by atoms with Gasteiger partial charge in [0, 0.05) is 45.0 Å². The van der Waals surface area contributed by atoms with E-state index in [0.717, 1.165) is 30.5 Å². The van der Waals surface area contributed by atoms with Crippen molar-refractivity contribution in [2.24, 2.45) is 18.9 Å². The van der Waals surface area contributed by atoms with Crippen molar-refractivity contribution >= 4 is 0 Å². The lowest BCUT2D eigenvalue weighted by molar-refractivity contribution is 0.145. The summed E-state index contributed by atoms with van der Waals surface area (Å²) in [5.74, 6) is 2.36. The number of hydrogen-bond donors (Lipinski definition) is 0. The minimum Gasteiger partial charge on any atom is -0.488 e. The lowest BCUT2D eigenvalue weighted by Gasteiger charge is -2.22. The van der Waals surface area contributed by atoms with Gasteiger partial charge in [0.2, 0.25) is 0 Å². The highest BCUT2D eigenvalue weighted by Crippen LogP contribution is 2.40. The third kappa shape index (κ3) is 2.85. The lowest BCUT2D eigenvalue weighted by atomic mass is 9.99. The fraction of sp³-hybridized carbons (Fsp3) is 0.556. The van der Waals surface area contributed by atoms with Crippen molar-refractivity contribution in [3.05, 3.63) is 42.2 Å². The second-order valence-electron chi connectivity index (χ2n) is 6.93. The summed E-state index contributed by atoms with van der Waals surface area (Å²) in [4.78, 5) is 11.1. The number of fused-ring (bicyclic) bond motifs is 1. The molecule has 23 heavy (non-hydrogen) atoms. The molecule has 0 spiro atoms. The first kappa shape index (κ1) is 14.7. The second-order valence-corrected chi connectivity index (χ2v) is 6.93. The summed E-state index contributed by atoms with van der Waals surface area (Å²) in [5, 5.41) is 0. The Morgan fingerprint density at radius 2 is 2.22 bits per heavy atom. The molecule has 0 N–H and O–H groups in total. The first-order valence-electron chi connectivity index (χ1n) is 8.46. The predicted molar refractivity (Wildman–Crippen MR) is 88.1 cm³/mol. The zero-order valence-corrected chi connectivity index (χ0v) is 13.9. The summed E-state index contributed by atoms with van der Waals surface area (Å²) in [5.41, 5.74) is 2.27. The number of aromatic nitrogens is 3. The van der Waals surface area contributed by atoms with Crippen molar-refractivity contribution in [3.63, 3.8) is 0 Å². The van der Waals surface area contributed by atoms with Crippen molar-refractivity contribution in [1.29, 1.82) is 0 Å². The highest BCUT2D eigenvalue weighted by Gasteiger charge is 2.44. The molecule has 2 aromatic rings. The standard InChI is InChI=1S/C18H24N4O/c1-13-17(4-3-7-20-13)23-18-6-5-14-9-22(11-16(14)18)10-15-8-19-12-21(15)2/h3-4,7-8,12,14,16,18H,5-6,9-11H2,1-2H3/t14-,16+,18-/m1/s1. The van der Waals surface area contributed by atoms with Gasteiger partial charge in [-0.15, -0.1) is 0 Å². The van der Waals surface area contributed by atoms with Crippen LogP contribution in [0.4, 0.5) is 0 Å². The molecule has 2 fully saturated rings.